The Kier molecular flexibility index (Phi) is 16.1. The molecule has 54 heavy (non-hydrogen) atoms. The van der Waals surface area contributed by atoms with Crippen molar-refractivity contribution in [3.05, 3.63) is 107 Å². The van der Waals surface area contributed by atoms with Gasteiger partial charge in [-0.15, -0.1) is 0 Å². The van der Waals surface area contributed by atoms with Crippen molar-refractivity contribution in [1.82, 2.24) is 0 Å². The predicted octanol–water partition coefficient (Wildman–Crippen LogP) is 6.87. The van der Waals surface area contributed by atoms with Crippen LogP contribution in [0.2, 0.25) is 0 Å². The lowest BCUT2D eigenvalue weighted by molar-refractivity contribution is -0.121. The topological polar surface area (TPSA) is 144 Å². The van der Waals surface area contributed by atoms with E-state index in [-0.39, 0.29) is 74.9 Å². The fourth-order valence-electron chi connectivity index (χ4n) is 5.67. The monoisotopic (exact) mass is 740 g/mol. The van der Waals surface area contributed by atoms with Crippen LogP contribution in [-0.4, -0.2) is 76.0 Å². The van der Waals surface area contributed by atoms with Crippen molar-refractivity contribution in [3.63, 3.8) is 0 Å². The molecule has 0 saturated heterocycles. The lowest BCUT2D eigenvalue weighted by atomic mass is 10.0. The van der Waals surface area contributed by atoms with E-state index in [2.05, 4.69) is 0 Å². The van der Waals surface area contributed by atoms with E-state index < -0.39 is 6.10 Å². The van der Waals surface area contributed by atoms with Crippen LogP contribution in [0.25, 0.3) is 0 Å². The second-order valence-electron chi connectivity index (χ2n) is 12.7. The molecule has 0 heterocycles. The van der Waals surface area contributed by atoms with Gasteiger partial charge in [0.15, 0.2) is 46.1 Å². The number of aliphatic hydroxyl groups excluding tert-OH is 1. The van der Waals surface area contributed by atoms with Gasteiger partial charge in [-0.3, -0.25) is 19.2 Å². The van der Waals surface area contributed by atoms with Crippen molar-refractivity contribution < 1.29 is 52.7 Å². The number of ketones is 4. The van der Waals surface area contributed by atoms with Crippen LogP contribution < -0.4 is 28.4 Å². The van der Waals surface area contributed by atoms with Gasteiger partial charge in [-0.1, -0.05) is 36.4 Å². The summed E-state index contributed by atoms with van der Waals surface area (Å²) in [6.07, 6.45) is 1.25. The van der Waals surface area contributed by atoms with E-state index in [1.165, 1.54) is 0 Å². The third-order valence-corrected chi connectivity index (χ3v) is 8.80. The van der Waals surface area contributed by atoms with Gasteiger partial charge in [-0.2, -0.15) is 0 Å². The van der Waals surface area contributed by atoms with E-state index in [9.17, 15) is 24.3 Å². The molecule has 4 rings (SSSR count). The number of carbonyl (C=O) groups excluding carboxylic acids is 4. The fraction of sp³-hybridized carbons (Fsp3) is 0.349. The molecule has 11 nitrogen and oxygen atoms in total. The molecule has 0 atom stereocenters. The van der Waals surface area contributed by atoms with E-state index in [1.54, 1.807) is 89.1 Å². The molecular formula is C43H48O11. The van der Waals surface area contributed by atoms with E-state index in [0.29, 0.717) is 58.5 Å². The Hall–Kier alpha value is -5.68. The van der Waals surface area contributed by atoms with Crippen molar-refractivity contribution in [2.75, 3.05) is 41.7 Å². The first kappa shape index (κ1) is 41.1. The molecular weight excluding hydrogens is 692 g/mol. The lowest BCUT2D eigenvalue weighted by Gasteiger charge is -2.11. The first-order valence-corrected chi connectivity index (χ1v) is 17.8. The zero-order valence-corrected chi connectivity index (χ0v) is 31.3. The quantitative estimate of drug-likeness (QED) is 0.0752. The Labute approximate surface area is 316 Å². The van der Waals surface area contributed by atoms with Crippen molar-refractivity contribution in [1.29, 1.82) is 0 Å². The third-order valence-electron chi connectivity index (χ3n) is 8.80. The summed E-state index contributed by atoms with van der Waals surface area (Å²) in [5, 5.41) is 10.4. The summed E-state index contributed by atoms with van der Waals surface area (Å²) in [4.78, 5) is 50.7. The average molecular weight is 741 g/mol. The summed E-state index contributed by atoms with van der Waals surface area (Å²) < 4.78 is 32.5. The Morgan fingerprint density at radius 1 is 0.519 bits per heavy atom. The normalized spacial score (nSPS) is 10.8. The molecule has 0 radical (unpaired) electrons. The Morgan fingerprint density at radius 3 is 1.31 bits per heavy atom. The van der Waals surface area contributed by atoms with Crippen molar-refractivity contribution in [3.8, 4) is 34.5 Å². The second kappa shape index (κ2) is 21.1. The van der Waals surface area contributed by atoms with Gasteiger partial charge in [0, 0.05) is 36.8 Å². The van der Waals surface area contributed by atoms with Crippen molar-refractivity contribution in [2.24, 2.45) is 0 Å². The first-order valence-electron chi connectivity index (χ1n) is 17.8. The molecule has 0 fully saturated rings. The van der Waals surface area contributed by atoms with Gasteiger partial charge in [0.1, 0.15) is 24.7 Å². The standard InChI is InChI=1S/C43H48O11/c1-49-40-21-13-29(23-42(40)51-3)11-19-38(47)31-7-5-9-36(25-31)53-27-34(45)17-15-33(44)16-18-35(46)28-54-37-10-6-8-32(26-37)39(48)20-12-30-14-22-41(50-2)43(24-30)52-4/h5-10,13-14,21-26,33,44H,11-12,15-20,27-28H2,1-4H3. The minimum Gasteiger partial charge on any atom is -0.493 e. The highest BCUT2D eigenvalue weighted by Crippen LogP contribution is 2.29. The second-order valence-corrected chi connectivity index (χ2v) is 12.7. The highest BCUT2D eigenvalue weighted by atomic mass is 16.5. The largest absolute Gasteiger partial charge is 0.493 e. The number of benzene rings is 4. The summed E-state index contributed by atoms with van der Waals surface area (Å²) in [7, 11) is 6.26. The number of Topliss-reactive ketones (excluding diaryl/α,β-unsaturated/α-hetero) is 4. The zero-order chi connectivity index (χ0) is 38.9. The highest BCUT2D eigenvalue weighted by molar-refractivity contribution is 5.97. The number of methoxy groups -OCH3 is 4. The lowest BCUT2D eigenvalue weighted by Crippen LogP contribution is -2.18. The van der Waals surface area contributed by atoms with Gasteiger partial charge in [0.25, 0.3) is 0 Å². The molecule has 0 aromatic heterocycles. The van der Waals surface area contributed by atoms with Crippen LogP contribution in [0.1, 0.15) is 70.4 Å². The SMILES string of the molecule is COc1ccc(CCC(=O)c2cccc(OCC(=O)CCC(O)CCC(=O)COc3cccc(C(=O)CCc4ccc(OC)c(OC)c4)c3)c2)cc1OC. The molecule has 0 aliphatic heterocycles. The van der Waals surface area contributed by atoms with Crippen LogP contribution in [0.15, 0.2) is 84.9 Å². The maximum absolute atomic E-state index is 12.9. The van der Waals surface area contributed by atoms with Crippen LogP contribution >= 0.6 is 0 Å². The minimum atomic E-state index is -0.851. The molecule has 0 aliphatic carbocycles. The van der Waals surface area contributed by atoms with Crippen LogP contribution in [0, 0.1) is 0 Å². The van der Waals surface area contributed by atoms with Gasteiger partial charge >= 0.3 is 0 Å². The predicted molar refractivity (Wildman–Crippen MR) is 203 cm³/mol. The Morgan fingerprint density at radius 2 is 0.926 bits per heavy atom. The third kappa shape index (κ3) is 12.8. The summed E-state index contributed by atoms with van der Waals surface area (Å²) in [6.45, 7) is -0.416. The summed E-state index contributed by atoms with van der Waals surface area (Å²) in [6, 6.07) is 24.5. The molecule has 0 bridgehead atoms. The summed E-state index contributed by atoms with van der Waals surface area (Å²) in [5.74, 6) is 2.68. The molecule has 0 saturated carbocycles. The van der Waals surface area contributed by atoms with E-state index in [1.807, 2.05) is 24.3 Å². The van der Waals surface area contributed by atoms with E-state index in [4.69, 9.17) is 28.4 Å². The number of rotatable bonds is 24. The van der Waals surface area contributed by atoms with Gasteiger partial charge in [0.05, 0.1) is 34.5 Å². The highest BCUT2D eigenvalue weighted by Gasteiger charge is 2.15. The molecule has 4 aromatic carbocycles. The molecule has 0 spiro atoms. The van der Waals surface area contributed by atoms with Gasteiger partial charge in [-0.25, -0.2) is 0 Å². The number of aliphatic hydroxyl groups is 1. The number of hydrogen-bond acceptors (Lipinski definition) is 11. The van der Waals surface area contributed by atoms with Gasteiger partial charge < -0.3 is 33.5 Å². The minimum absolute atomic E-state index is 0.0631. The van der Waals surface area contributed by atoms with E-state index in [0.717, 1.165) is 11.1 Å². The van der Waals surface area contributed by atoms with Crippen LogP contribution in [0.4, 0.5) is 0 Å². The molecule has 286 valence electrons. The summed E-state index contributed by atoms with van der Waals surface area (Å²) in [5.41, 5.74) is 2.84. The molecule has 0 amide bonds. The van der Waals surface area contributed by atoms with Crippen LogP contribution in [-0.2, 0) is 22.4 Å². The first-order chi connectivity index (χ1) is 26.1. The number of hydrogen-bond donors (Lipinski definition) is 1. The van der Waals surface area contributed by atoms with Gasteiger partial charge in [-0.05, 0) is 85.3 Å². The average Bonchev–Trinajstić information content (AvgIpc) is 3.21. The maximum Gasteiger partial charge on any atom is 0.170 e. The van der Waals surface area contributed by atoms with Crippen LogP contribution in [0.3, 0.4) is 0 Å². The van der Waals surface area contributed by atoms with Crippen molar-refractivity contribution in [2.45, 2.75) is 57.5 Å². The molecule has 0 aliphatic rings. The van der Waals surface area contributed by atoms with Crippen LogP contribution in [0.5, 0.6) is 34.5 Å². The Balaban J connectivity index is 1.12. The molecule has 4 aromatic rings. The summed E-state index contributed by atoms with van der Waals surface area (Å²) >= 11 is 0. The Bertz CT molecular complexity index is 1750. The zero-order valence-electron chi connectivity index (χ0n) is 31.3. The van der Waals surface area contributed by atoms with Crippen molar-refractivity contribution >= 4 is 23.1 Å². The smallest absolute Gasteiger partial charge is 0.170 e. The number of ether oxygens (including phenoxy) is 6. The number of carbonyl (C=O) groups is 4. The maximum atomic E-state index is 12.9. The van der Waals surface area contributed by atoms with E-state index >= 15 is 0 Å². The fourth-order valence-corrected chi connectivity index (χ4v) is 5.67. The number of aryl methyl sites for hydroxylation is 2. The van der Waals surface area contributed by atoms with Gasteiger partial charge in [0.2, 0.25) is 0 Å². The molecule has 0 unspecified atom stereocenters. The molecule has 1 N–H and O–H groups in total. The molecule has 11 heteroatoms.